The maximum absolute atomic E-state index is 11.5. The zero-order chi connectivity index (χ0) is 16.3. The molecule has 0 aromatic heterocycles. The van der Waals surface area contributed by atoms with Crippen molar-refractivity contribution in [1.82, 2.24) is 0 Å². The van der Waals surface area contributed by atoms with Crippen LogP contribution < -0.4 is 0 Å². The van der Waals surface area contributed by atoms with Crippen molar-refractivity contribution < 1.29 is 14.3 Å². The molecule has 124 valence electrons. The zero-order valence-corrected chi connectivity index (χ0v) is 15.0. The largest absolute Gasteiger partial charge is 0.463 e. The summed E-state index contributed by atoms with van der Waals surface area (Å²) in [4.78, 5) is 11.5. The van der Waals surface area contributed by atoms with Crippen LogP contribution in [0.15, 0.2) is 0 Å². The van der Waals surface area contributed by atoms with Gasteiger partial charge >= 0.3 is 5.97 Å². The Morgan fingerprint density at radius 2 is 1.71 bits per heavy atom. The van der Waals surface area contributed by atoms with E-state index in [9.17, 15) is 4.79 Å². The minimum Gasteiger partial charge on any atom is -0.463 e. The maximum Gasteiger partial charge on any atom is 0.305 e. The van der Waals surface area contributed by atoms with Gasteiger partial charge in [-0.05, 0) is 36.0 Å². The third-order valence-electron chi connectivity index (χ3n) is 4.35. The molecule has 1 saturated heterocycles. The maximum atomic E-state index is 11.5. The molecule has 0 amide bonds. The summed E-state index contributed by atoms with van der Waals surface area (Å²) >= 11 is 0. The first-order valence-electron chi connectivity index (χ1n) is 8.36. The number of hydrogen-bond donors (Lipinski definition) is 0. The van der Waals surface area contributed by atoms with Crippen LogP contribution >= 0.6 is 0 Å². The Morgan fingerprint density at radius 3 is 2.19 bits per heavy atom. The lowest BCUT2D eigenvalue weighted by molar-refractivity contribution is -0.177. The molecule has 3 atom stereocenters. The molecule has 0 bridgehead atoms. The smallest absolute Gasteiger partial charge is 0.305 e. The monoisotopic (exact) mass is 298 g/mol. The van der Waals surface area contributed by atoms with E-state index in [1.54, 1.807) is 0 Å². The standard InChI is InChI=1S/C18H34O3/c1-8-9-15(19)20-12-13-10-11-14(17(2,3)4)16(21-13)18(5,6)7/h13-14,16H,8-12H2,1-7H3. The van der Waals surface area contributed by atoms with E-state index in [2.05, 4.69) is 41.5 Å². The van der Waals surface area contributed by atoms with Crippen LogP contribution in [0.2, 0.25) is 0 Å². The van der Waals surface area contributed by atoms with Crippen molar-refractivity contribution in [3.63, 3.8) is 0 Å². The lowest BCUT2D eigenvalue weighted by Gasteiger charge is -2.48. The van der Waals surface area contributed by atoms with E-state index in [1.165, 1.54) is 0 Å². The van der Waals surface area contributed by atoms with E-state index in [0.29, 0.717) is 18.9 Å². The lowest BCUT2D eigenvalue weighted by atomic mass is 9.66. The Hall–Kier alpha value is -0.570. The molecular weight excluding hydrogens is 264 g/mol. The molecule has 0 saturated carbocycles. The molecule has 0 radical (unpaired) electrons. The minimum atomic E-state index is -0.105. The summed E-state index contributed by atoms with van der Waals surface area (Å²) in [5.74, 6) is 0.437. The van der Waals surface area contributed by atoms with Gasteiger partial charge in [-0.1, -0.05) is 48.5 Å². The third kappa shape index (κ3) is 5.61. The molecule has 0 aromatic rings. The number of rotatable bonds is 4. The van der Waals surface area contributed by atoms with Crippen molar-refractivity contribution in [3.05, 3.63) is 0 Å². The van der Waals surface area contributed by atoms with E-state index in [1.807, 2.05) is 6.92 Å². The fourth-order valence-electron chi connectivity index (χ4n) is 3.17. The Labute approximate surface area is 130 Å². The van der Waals surface area contributed by atoms with E-state index in [-0.39, 0.29) is 29.0 Å². The van der Waals surface area contributed by atoms with Gasteiger partial charge in [0.1, 0.15) is 6.61 Å². The molecule has 0 aromatic carbocycles. The van der Waals surface area contributed by atoms with Crippen LogP contribution in [0.25, 0.3) is 0 Å². The average molecular weight is 298 g/mol. The van der Waals surface area contributed by atoms with E-state index < -0.39 is 0 Å². The molecule has 3 unspecified atom stereocenters. The summed E-state index contributed by atoms with van der Waals surface area (Å²) in [6, 6.07) is 0. The predicted molar refractivity (Wildman–Crippen MR) is 86.2 cm³/mol. The van der Waals surface area contributed by atoms with Gasteiger partial charge in [0.25, 0.3) is 0 Å². The summed E-state index contributed by atoms with van der Waals surface area (Å²) in [6.07, 6.45) is 3.71. The number of ether oxygens (including phenoxy) is 2. The Balaban J connectivity index is 2.65. The quantitative estimate of drug-likeness (QED) is 0.712. The highest BCUT2D eigenvalue weighted by Crippen LogP contribution is 2.44. The SMILES string of the molecule is CCCC(=O)OCC1CCC(C(C)(C)C)C(C(C)(C)C)O1. The van der Waals surface area contributed by atoms with Crippen molar-refractivity contribution in [3.8, 4) is 0 Å². The molecule has 1 fully saturated rings. The molecule has 1 heterocycles. The van der Waals surface area contributed by atoms with E-state index >= 15 is 0 Å². The molecule has 0 spiro atoms. The first-order chi connectivity index (χ1) is 9.55. The number of carbonyl (C=O) groups is 1. The first-order valence-corrected chi connectivity index (χ1v) is 8.36. The molecule has 3 heteroatoms. The van der Waals surface area contributed by atoms with Gasteiger partial charge in [0.15, 0.2) is 0 Å². The summed E-state index contributed by atoms with van der Waals surface area (Å²) in [7, 11) is 0. The van der Waals surface area contributed by atoms with Gasteiger partial charge in [0, 0.05) is 6.42 Å². The van der Waals surface area contributed by atoms with Crippen molar-refractivity contribution in [1.29, 1.82) is 0 Å². The summed E-state index contributed by atoms with van der Waals surface area (Å²) in [6.45, 7) is 16.0. The lowest BCUT2D eigenvalue weighted by Crippen LogP contribution is -2.49. The Bertz CT molecular complexity index is 335. The molecule has 1 aliphatic rings. The fraction of sp³-hybridized carbons (Fsp3) is 0.944. The van der Waals surface area contributed by atoms with Crippen molar-refractivity contribution in [2.45, 2.75) is 86.4 Å². The van der Waals surface area contributed by atoms with E-state index in [4.69, 9.17) is 9.47 Å². The predicted octanol–water partition coefficient (Wildman–Crippen LogP) is 4.59. The van der Waals surface area contributed by atoms with Gasteiger partial charge in [-0.25, -0.2) is 0 Å². The fourth-order valence-corrected chi connectivity index (χ4v) is 3.17. The second-order valence-corrected chi connectivity index (χ2v) is 8.53. The van der Waals surface area contributed by atoms with Crippen LogP contribution in [0.1, 0.15) is 74.1 Å². The second-order valence-electron chi connectivity index (χ2n) is 8.53. The van der Waals surface area contributed by atoms with Gasteiger partial charge in [0.2, 0.25) is 0 Å². The van der Waals surface area contributed by atoms with Gasteiger partial charge < -0.3 is 9.47 Å². The van der Waals surface area contributed by atoms with E-state index in [0.717, 1.165) is 19.3 Å². The number of esters is 1. The molecule has 1 rings (SSSR count). The molecule has 3 nitrogen and oxygen atoms in total. The molecule has 0 N–H and O–H groups in total. The highest BCUT2D eigenvalue weighted by Gasteiger charge is 2.43. The normalized spacial score (nSPS) is 27.5. The molecule has 0 aliphatic carbocycles. The second kappa shape index (κ2) is 7.13. The van der Waals surface area contributed by atoms with Crippen molar-refractivity contribution in [2.24, 2.45) is 16.7 Å². The van der Waals surface area contributed by atoms with Crippen LogP contribution in [0, 0.1) is 16.7 Å². The summed E-state index contributed by atoms with van der Waals surface area (Å²) in [5.41, 5.74) is 0.339. The highest BCUT2D eigenvalue weighted by atomic mass is 16.6. The van der Waals surface area contributed by atoms with Crippen LogP contribution in [-0.2, 0) is 14.3 Å². The van der Waals surface area contributed by atoms with Gasteiger partial charge in [-0.15, -0.1) is 0 Å². The Kier molecular flexibility index (Phi) is 6.27. The van der Waals surface area contributed by atoms with Crippen LogP contribution in [0.3, 0.4) is 0 Å². The topological polar surface area (TPSA) is 35.5 Å². The van der Waals surface area contributed by atoms with Crippen LogP contribution in [-0.4, -0.2) is 24.8 Å². The highest BCUT2D eigenvalue weighted by molar-refractivity contribution is 5.69. The third-order valence-corrected chi connectivity index (χ3v) is 4.35. The van der Waals surface area contributed by atoms with Gasteiger partial charge in [0.05, 0.1) is 12.2 Å². The van der Waals surface area contributed by atoms with Crippen molar-refractivity contribution in [2.75, 3.05) is 6.61 Å². The molecular formula is C18H34O3. The minimum absolute atomic E-state index is 0.0497. The number of hydrogen-bond acceptors (Lipinski definition) is 3. The number of carbonyl (C=O) groups excluding carboxylic acids is 1. The average Bonchev–Trinajstić information content (AvgIpc) is 2.34. The zero-order valence-electron chi connectivity index (χ0n) is 15.0. The summed E-state index contributed by atoms with van der Waals surface area (Å²) < 4.78 is 11.7. The van der Waals surface area contributed by atoms with Crippen LogP contribution in [0.4, 0.5) is 0 Å². The van der Waals surface area contributed by atoms with Crippen LogP contribution in [0.5, 0.6) is 0 Å². The molecule has 1 aliphatic heterocycles. The van der Waals surface area contributed by atoms with Gasteiger partial charge in [-0.2, -0.15) is 0 Å². The van der Waals surface area contributed by atoms with Gasteiger partial charge in [-0.3, -0.25) is 4.79 Å². The first kappa shape index (κ1) is 18.5. The Morgan fingerprint density at radius 1 is 1.10 bits per heavy atom. The van der Waals surface area contributed by atoms with Crippen molar-refractivity contribution >= 4 is 5.97 Å². The molecule has 21 heavy (non-hydrogen) atoms. The summed E-state index contributed by atoms with van der Waals surface area (Å²) in [5, 5.41) is 0.